The maximum Gasteiger partial charge on any atom is 0.262 e. The molecule has 3 aromatic carbocycles. The number of nitrogens with one attached hydrogen (secondary N) is 2. The highest BCUT2D eigenvalue weighted by molar-refractivity contribution is 5.96. The number of benzene rings is 3. The van der Waals surface area contributed by atoms with Crippen LogP contribution >= 0.6 is 12.4 Å². The van der Waals surface area contributed by atoms with E-state index in [1.807, 2.05) is 54.6 Å². The molecule has 7 heteroatoms. The number of fused-ring (bicyclic) bond motifs is 1. The van der Waals surface area contributed by atoms with E-state index in [2.05, 4.69) is 22.8 Å². The van der Waals surface area contributed by atoms with Gasteiger partial charge in [-0.2, -0.15) is 0 Å². The molecule has 174 valence electrons. The number of hydrogen-bond donors (Lipinski definition) is 3. The van der Waals surface area contributed by atoms with Crippen LogP contribution in [0.2, 0.25) is 0 Å². The van der Waals surface area contributed by atoms with Crippen LogP contribution in [0.25, 0.3) is 0 Å². The lowest BCUT2D eigenvalue weighted by Gasteiger charge is -2.22. The molecule has 4 rings (SSSR count). The van der Waals surface area contributed by atoms with Gasteiger partial charge in [0.05, 0.1) is 5.69 Å². The van der Waals surface area contributed by atoms with Crippen molar-refractivity contribution in [2.24, 2.45) is 0 Å². The number of carbonyl (C=O) groups is 1. The minimum atomic E-state index is -0.593. The Kier molecular flexibility index (Phi) is 9.13. The van der Waals surface area contributed by atoms with E-state index in [9.17, 15) is 9.90 Å². The molecule has 0 aliphatic carbocycles. The van der Waals surface area contributed by atoms with Crippen LogP contribution in [0.3, 0.4) is 0 Å². The fraction of sp³-hybridized carbons (Fsp3) is 0.269. The van der Waals surface area contributed by atoms with E-state index in [1.165, 1.54) is 5.56 Å². The van der Waals surface area contributed by atoms with Crippen molar-refractivity contribution in [3.05, 3.63) is 89.5 Å². The van der Waals surface area contributed by atoms with Gasteiger partial charge in [-0.3, -0.25) is 10.1 Å². The lowest BCUT2D eigenvalue weighted by atomic mass is 10.1. The van der Waals surface area contributed by atoms with Crippen molar-refractivity contribution in [3.8, 4) is 11.5 Å². The fourth-order valence-corrected chi connectivity index (χ4v) is 3.68. The van der Waals surface area contributed by atoms with E-state index in [0.717, 1.165) is 17.5 Å². The summed E-state index contributed by atoms with van der Waals surface area (Å²) in [5.41, 5.74) is 3.81. The first kappa shape index (κ1) is 24.6. The highest BCUT2D eigenvalue weighted by atomic mass is 35.5. The Bertz CT molecular complexity index is 1030. The largest absolute Gasteiger partial charge is 0.489 e. The van der Waals surface area contributed by atoms with Gasteiger partial charge in [0, 0.05) is 18.2 Å². The van der Waals surface area contributed by atoms with Gasteiger partial charge < -0.3 is 19.9 Å². The summed E-state index contributed by atoms with van der Waals surface area (Å²) in [6, 6.07) is 23.8. The van der Waals surface area contributed by atoms with Crippen molar-refractivity contribution in [2.45, 2.75) is 32.1 Å². The van der Waals surface area contributed by atoms with Gasteiger partial charge >= 0.3 is 0 Å². The first-order chi connectivity index (χ1) is 15.7. The van der Waals surface area contributed by atoms with Crippen LogP contribution in [-0.4, -0.2) is 30.4 Å². The number of halogens is 1. The Morgan fingerprint density at radius 3 is 2.42 bits per heavy atom. The second-order valence-electron chi connectivity index (χ2n) is 7.81. The van der Waals surface area contributed by atoms with E-state index in [0.29, 0.717) is 43.2 Å². The minimum absolute atomic E-state index is 0. The van der Waals surface area contributed by atoms with Gasteiger partial charge in [0.15, 0.2) is 6.61 Å². The number of aliphatic hydroxyl groups is 1. The zero-order chi connectivity index (χ0) is 22.2. The van der Waals surface area contributed by atoms with E-state index < -0.39 is 6.23 Å². The lowest BCUT2D eigenvalue weighted by molar-refractivity contribution is -0.118. The SMILES string of the molecule is Cl.O=C1COc2c(CCNC(O)CCc3ccccc3)cc(OCc3ccccc3)cc2N1. The van der Waals surface area contributed by atoms with Crippen LogP contribution in [0.5, 0.6) is 11.5 Å². The van der Waals surface area contributed by atoms with Crippen LogP contribution in [0, 0.1) is 0 Å². The normalized spacial score (nSPS) is 13.2. The molecule has 6 nitrogen and oxygen atoms in total. The standard InChI is InChI=1S/C26H28N2O4.ClH/c29-24(12-11-19-7-3-1-4-8-19)27-14-13-21-15-22(31-17-20-9-5-2-6-10-20)16-23-26(21)32-18-25(30)28-23;/h1-10,15-16,24,27,29H,11-14,17-18H2,(H,28,30);1H. The molecular formula is C26H29ClN2O4. The van der Waals surface area contributed by atoms with Gasteiger partial charge in [-0.05, 0) is 36.5 Å². The third-order valence-electron chi connectivity index (χ3n) is 5.33. The monoisotopic (exact) mass is 468 g/mol. The highest BCUT2D eigenvalue weighted by Gasteiger charge is 2.21. The van der Waals surface area contributed by atoms with Crippen LogP contribution in [0.1, 0.15) is 23.1 Å². The molecule has 0 aromatic heterocycles. The third-order valence-corrected chi connectivity index (χ3v) is 5.33. The fourth-order valence-electron chi connectivity index (χ4n) is 3.68. The predicted molar refractivity (Wildman–Crippen MR) is 131 cm³/mol. The zero-order valence-electron chi connectivity index (χ0n) is 18.3. The Labute approximate surface area is 200 Å². The molecule has 1 unspecified atom stereocenters. The lowest BCUT2D eigenvalue weighted by Crippen LogP contribution is -2.31. The van der Waals surface area contributed by atoms with E-state index >= 15 is 0 Å². The van der Waals surface area contributed by atoms with Gasteiger partial charge in [-0.15, -0.1) is 12.4 Å². The van der Waals surface area contributed by atoms with Gasteiger partial charge in [0.2, 0.25) is 0 Å². The van der Waals surface area contributed by atoms with Crippen molar-refractivity contribution in [1.82, 2.24) is 5.32 Å². The van der Waals surface area contributed by atoms with E-state index in [4.69, 9.17) is 9.47 Å². The molecule has 0 bridgehead atoms. The van der Waals surface area contributed by atoms with E-state index in [1.54, 1.807) is 6.07 Å². The van der Waals surface area contributed by atoms with Crippen molar-refractivity contribution in [2.75, 3.05) is 18.5 Å². The summed E-state index contributed by atoms with van der Waals surface area (Å²) in [6.45, 7) is 1.00. The minimum Gasteiger partial charge on any atom is -0.489 e. The topological polar surface area (TPSA) is 79.8 Å². The van der Waals surface area contributed by atoms with E-state index in [-0.39, 0.29) is 24.9 Å². The first-order valence-electron chi connectivity index (χ1n) is 10.9. The number of hydrogen-bond acceptors (Lipinski definition) is 5. The smallest absolute Gasteiger partial charge is 0.262 e. The number of ether oxygens (including phenoxy) is 2. The average Bonchev–Trinajstić information content (AvgIpc) is 2.82. The number of aliphatic hydroxyl groups excluding tert-OH is 1. The van der Waals surface area contributed by atoms with Crippen molar-refractivity contribution < 1.29 is 19.4 Å². The molecule has 1 amide bonds. The molecule has 1 aliphatic rings. The number of aryl methyl sites for hydroxylation is 1. The predicted octanol–water partition coefficient (Wildman–Crippen LogP) is 4.10. The summed E-state index contributed by atoms with van der Waals surface area (Å²) in [5.74, 6) is 1.15. The Morgan fingerprint density at radius 2 is 1.70 bits per heavy atom. The molecular weight excluding hydrogens is 440 g/mol. The summed E-state index contributed by atoms with van der Waals surface area (Å²) in [5, 5.41) is 16.3. The molecule has 1 aliphatic heterocycles. The van der Waals surface area contributed by atoms with Crippen LogP contribution in [0.4, 0.5) is 5.69 Å². The molecule has 0 saturated carbocycles. The molecule has 1 heterocycles. The molecule has 33 heavy (non-hydrogen) atoms. The zero-order valence-corrected chi connectivity index (χ0v) is 19.1. The van der Waals surface area contributed by atoms with Crippen LogP contribution < -0.4 is 20.1 Å². The van der Waals surface area contributed by atoms with Gasteiger partial charge in [-0.25, -0.2) is 0 Å². The van der Waals surface area contributed by atoms with Gasteiger partial charge in [0.25, 0.3) is 5.91 Å². The average molecular weight is 469 g/mol. The van der Waals surface area contributed by atoms with Crippen molar-refractivity contribution in [3.63, 3.8) is 0 Å². The molecule has 0 spiro atoms. The van der Waals surface area contributed by atoms with Gasteiger partial charge in [-0.1, -0.05) is 60.7 Å². The summed E-state index contributed by atoms with van der Waals surface area (Å²) in [7, 11) is 0. The third kappa shape index (κ3) is 7.22. The van der Waals surface area contributed by atoms with Crippen LogP contribution in [0.15, 0.2) is 72.8 Å². The summed E-state index contributed by atoms with van der Waals surface area (Å²) >= 11 is 0. The van der Waals surface area contributed by atoms with Crippen molar-refractivity contribution in [1.29, 1.82) is 0 Å². The molecule has 0 saturated heterocycles. The van der Waals surface area contributed by atoms with Crippen LogP contribution in [-0.2, 0) is 24.2 Å². The second-order valence-corrected chi connectivity index (χ2v) is 7.81. The summed E-state index contributed by atoms with van der Waals surface area (Å²) in [6.07, 6.45) is 1.48. The maximum atomic E-state index is 11.8. The Morgan fingerprint density at radius 1 is 1.00 bits per heavy atom. The van der Waals surface area contributed by atoms with Gasteiger partial charge in [0.1, 0.15) is 24.3 Å². The summed E-state index contributed by atoms with van der Waals surface area (Å²) in [4.78, 5) is 11.8. The maximum absolute atomic E-state index is 11.8. The summed E-state index contributed by atoms with van der Waals surface area (Å²) < 4.78 is 11.7. The molecule has 0 radical (unpaired) electrons. The highest BCUT2D eigenvalue weighted by Crippen LogP contribution is 2.36. The molecule has 3 aromatic rings. The Balaban J connectivity index is 0.00000306. The number of anilines is 1. The number of carbonyl (C=O) groups excluding carboxylic acids is 1. The number of amides is 1. The first-order valence-corrected chi connectivity index (χ1v) is 10.9. The number of rotatable bonds is 10. The van der Waals surface area contributed by atoms with Crippen molar-refractivity contribution >= 4 is 24.0 Å². The second kappa shape index (κ2) is 12.3. The molecule has 3 N–H and O–H groups in total. The quantitative estimate of drug-likeness (QED) is 0.390. The molecule has 1 atom stereocenters. The molecule has 0 fully saturated rings. The Hall–Kier alpha value is -3.06.